The molecule has 118 valence electrons. The average Bonchev–Trinajstić information content (AvgIpc) is 2.98. The smallest absolute Gasteiger partial charge is 0.307 e. The summed E-state index contributed by atoms with van der Waals surface area (Å²) >= 11 is 0. The molecule has 0 aromatic rings. The van der Waals surface area contributed by atoms with E-state index in [1.165, 1.54) is 16.7 Å². The first-order valence-electron chi connectivity index (χ1n) is 8.02. The lowest BCUT2D eigenvalue weighted by Crippen LogP contribution is -1.99. The summed E-state index contributed by atoms with van der Waals surface area (Å²) in [5, 5.41) is 9.03. The molecular weight excluding hydrogens is 260 g/mol. The highest BCUT2D eigenvalue weighted by atomic mass is 16.4. The number of carboxylic acids is 1. The fourth-order valence-corrected chi connectivity index (χ4v) is 2.79. The maximum absolute atomic E-state index is 11.0. The Balaban J connectivity index is 2.32. The fraction of sp³-hybridized carbons (Fsp3) is 0.632. The highest BCUT2D eigenvalue weighted by Gasteiger charge is 2.50. The van der Waals surface area contributed by atoms with Gasteiger partial charge >= 0.3 is 5.97 Å². The zero-order valence-electron chi connectivity index (χ0n) is 14.1. The Morgan fingerprint density at radius 3 is 2.10 bits per heavy atom. The SMILES string of the molecule is CC(C)=CCCC(C)=CCCC(C)=C[C@H]1[C@H](C)[C@@H]1C(=O)O. The van der Waals surface area contributed by atoms with E-state index in [9.17, 15) is 4.79 Å². The Labute approximate surface area is 129 Å². The van der Waals surface area contributed by atoms with Crippen LogP contribution in [0.1, 0.15) is 60.3 Å². The van der Waals surface area contributed by atoms with Crippen LogP contribution in [0.25, 0.3) is 0 Å². The number of allylic oxidation sites excluding steroid dienone is 6. The van der Waals surface area contributed by atoms with Crippen LogP contribution in [0.4, 0.5) is 0 Å². The van der Waals surface area contributed by atoms with Crippen molar-refractivity contribution in [3.63, 3.8) is 0 Å². The van der Waals surface area contributed by atoms with Crippen LogP contribution in [0.5, 0.6) is 0 Å². The standard InChI is InChI=1S/C19H30O2/c1-13(2)8-6-9-14(3)10-7-11-15(4)12-17-16(5)18(17)19(20)21/h8,10,12,16-18H,6-7,9,11H2,1-5H3,(H,20,21)/t16-,17-,18-/m0/s1. The predicted molar refractivity (Wildman–Crippen MR) is 89.2 cm³/mol. The van der Waals surface area contributed by atoms with Crippen molar-refractivity contribution in [2.24, 2.45) is 17.8 Å². The molecule has 0 aliphatic heterocycles. The molecule has 0 saturated heterocycles. The van der Waals surface area contributed by atoms with Crippen LogP contribution < -0.4 is 0 Å². The van der Waals surface area contributed by atoms with Crippen LogP contribution >= 0.6 is 0 Å². The Morgan fingerprint density at radius 2 is 1.57 bits per heavy atom. The molecule has 0 spiro atoms. The number of rotatable bonds is 8. The first-order chi connectivity index (χ1) is 9.82. The molecule has 21 heavy (non-hydrogen) atoms. The first-order valence-corrected chi connectivity index (χ1v) is 8.02. The molecule has 1 saturated carbocycles. The van der Waals surface area contributed by atoms with E-state index >= 15 is 0 Å². The maximum atomic E-state index is 11.0. The monoisotopic (exact) mass is 290 g/mol. The Bertz CT molecular complexity index is 450. The molecule has 1 rings (SSSR count). The van der Waals surface area contributed by atoms with Gasteiger partial charge in [0.15, 0.2) is 0 Å². The van der Waals surface area contributed by atoms with Crippen LogP contribution in [0.2, 0.25) is 0 Å². The largest absolute Gasteiger partial charge is 0.481 e. The van der Waals surface area contributed by atoms with Gasteiger partial charge in [-0.3, -0.25) is 4.79 Å². The van der Waals surface area contributed by atoms with E-state index in [0.717, 1.165) is 25.7 Å². The zero-order chi connectivity index (χ0) is 16.0. The Kier molecular flexibility index (Phi) is 6.94. The molecule has 0 radical (unpaired) electrons. The van der Waals surface area contributed by atoms with Crippen molar-refractivity contribution in [3.05, 3.63) is 34.9 Å². The third-order valence-electron chi connectivity index (χ3n) is 4.33. The summed E-state index contributed by atoms with van der Waals surface area (Å²) in [6, 6.07) is 0. The van der Waals surface area contributed by atoms with Gasteiger partial charge in [0, 0.05) is 0 Å². The summed E-state index contributed by atoms with van der Waals surface area (Å²) in [5.74, 6) is -0.239. The summed E-state index contributed by atoms with van der Waals surface area (Å²) < 4.78 is 0. The normalized spacial score (nSPS) is 25.7. The number of aliphatic carboxylic acids is 1. The van der Waals surface area contributed by atoms with Gasteiger partial charge in [-0.15, -0.1) is 0 Å². The predicted octanol–water partition coefficient (Wildman–Crippen LogP) is 5.37. The van der Waals surface area contributed by atoms with Gasteiger partial charge < -0.3 is 5.11 Å². The van der Waals surface area contributed by atoms with Crippen molar-refractivity contribution in [1.82, 2.24) is 0 Å². The van der Waals surface area contributed by atoms with E-state index in [-0.39, 0.29) is 11.8 Å². The molecule has 0 unspecified atom stereocenters. The van der Waals surface area contributed by atoms with E-state index < -0.39 is 5.97 Å². The van der Waals surface area contributed by atoms with Gasteiger partial charge in [-0.25, -0.2) is 0 Å². The Morgan fingerprint density at radius 1 is 1.00 bits per heavy atom. The van der Waals surface area contributed by atoms with Gasteiger partial charge in [0.05, 0.1) is 5.92 Å². The minimum Gasteiger partial charge on any atom is -0.481 e. The van der Waals surface area contributed by atoms with Crippen molar-refractivity contribution in [2.75, 3.05) is 0 Å². The molecule has 0 aromatic carbocycles. The second kappa shape index (κ2) is 8.21. The van der Waals surface area contributed by atoms with Crippen molar-refractivity contribution >= 4 is 5.97 Å². The summed E-state index contributed by atoms with van der Waals surface area (Å²) in [4.78, 5) is 11.0. The summed E-state index contributed by atoms with van der Waals surface area (Å²) in [5.41, 5.74) is 4.15. The van der Waals surface area contributed by atoms with Crippen LogP contribution in [0.15, 0.2) is 34.9 Å². The second-order valence-electron chi connectivity index (χ2n) is 6.72. The topological polar surface area (TPSA) is 37.3 Å². The minimum atomic E-state index is -0.647. The van der Waals surface area contributed by atoms with Crippen LogP contribution in [0, 0.1) is 17.8 Å². The van der Waals surface area contributed by atoms with E-state index in [0.29, 0.717) is 5.92 Å². The van der Waals surface area contributed by atoms with E-state index in [2.05, 4.69) is 45.9 Å². The lowest BCUT2D eigenvalue weighted by atomic mass is 10.1. The molecule has 0 amide bonds. The molecule has 3 atom stereocenters. The quantitative estimate of drug-likeness (QED) is 0.610. The van der Waals surface area contributed by atoms with E-state index in [1.807, 2.05) is 6.92 Å². The van der Waals surface area contributed by atoms with Gasteiger partial charge in [0.25, 0.3) is 0 Å². The van der Waals surface area contributed by atoms with E-state index in [4.69, 9.17) is 5.11 Å². The third kappa shape index (κ3) is 6.33. The number of carboxylic acid groups (broad SMARTS) is 1. The second-order valence-corrected chi connectivity index (χ2v) is 6.72. The lowest BCUT2D eigenvalue weighted by Gasteiger charge is -2.01. The van der Waals surface area contributed by atoms with Crippen LogP contribution in [-0.2, 0) is 4.79 Å². The molecular formula is C19H30O2. The van der Waals surface area contributed by atoms with Gasteiger partial charge in [0.2, 0.25) is 0 Å². The molecule has 1 fully saturated rings. The third-order valence-corrected chi connectivity index (χ3v) is 4.33. The fourth-order valence-electron chi connectivity index (χ4n) is 2.79. The first kappa shape index (κ1) is 17.7. The Hall–Kier alpha value is -1.31. The molecule has 2 nitrogen and oxygen atoms in total. The average molecular weight is 290 g/mol. The van der Waals surface area contributed by atoms with Gasteiger partial charge in [-0.2, -0.15) is 0 Å². The summed E-state index contributed by atoms with van der Waals surface area (Å²) in [7, 11) is 0. The number of hydrogen-bond donors (Lipinski definition) is 1. The lowest BCUT2D eigenvalue weighted by molar-refractivity contribution is -0.139. The summed E-state index contributed by atoms with van der Waals surface area (Å²) in [6.07, 6.45) is 11.1. The highest BCUT2D eigenvalue weighted by molar-refractivity contribution is 5.74. The molecule has 1 aliphatic rings. The van der Waals surface area contributed by atoms with Crippen LogP contribution in [0.3, 0.4) is 0 Å². The number of carbonyl (C=O) groups is 1. The van der Waals surface area contributed by atoms with Gasteiger partial charge in [-0.1, -0.05) is 41.9 Å². The summed E-state index contributed by atoms with van der Waals surface area (Å²) in [6.45, 7) is 10.6. The van der Waals surface area contributed by atoms with Crippen molar-refractivity contribution in [3.8, 4) is 0 Å². The number of hydrogen-bond acceptors (Lipinski definition) is 1. The molecule has 1 aliphatic carbocycles. The van der Waals surface area contributed by atoms with E-state index in [1.54, 1.807) is 0 Å². The molecule has 0 bridgehead atoms. The van der Waals surface area contributed by atoms with Crippen LogP contribution in [-0.4, -0.2) is 11.1 Å². The maximum Gasteiger partial charge on any atom is 0.307 e. The minimum absolute atomic E-state index is 0.152. The van der Waals surface area contributed by atoms with Crippen molar-refractivity contribution in [2.45, 2.75) is 60.3 Å². The molecule has 0 heterocycles. The van der Waals surface area contributed by atoms with Crippen molar-refractivity contribution < 1.29 is 9.90 Å². The van der Waals surface area contributed by atoms with Crippen molar-refractivity contribution in [1.29, 1.82) is 0 Å². The highest BCUT2D eigenvalue weighted by Crippen LogP contribution is 2.47. The molecule has 2 heteroatoms. The van der Waals surface area contributed by atoms with Gasteiger partial charge in [0.1, 0.15) is 0 Å². The zero-order valence-corrected chi connectivity index (χ0v) is 14.1. The van der Waals surface area contributed by atoms with Gasteiger partial charge in [-0.05, 0) is 65.2 Å². The molecule has 1 N–H and O–H groups in total. The molecule has 0 aromatic heterocycles.